The highest BCUT2D eigenvalue weighted by molar-refractivity contribution is 7.17. The fraction of sp³-hybridized carbons (Fsp3) is 0.444. The van der Waals surface area contributed by atoms with Gasteiger partial charge in [-0.05, 0) is 20.3 Å². The summed E-state index contributed by atoms with van der Waals surface area (Å²) in [7, 11) is 0. The molecule has 0 unspecified atom stereocenters. The molecular formula is C18H19Cl2FN4O5S. The van der Waals surface area contributed by atoms with Crippen LogP contribution in [0.2, 0.25) is 10.0 Å². The highest BCUT2D eigenvalue weighted by Crippen LogP contribution is 2.31. The van der Waals surface area contributed by atoms with Crippen LogP contribution in [0.1, 0.15) is 49.7 Å². The highest BCUT2D eigenvalue weighted by Gasteiger charge is 2.34. The molecule has 3 N–H and O–H groups in total. The number of carbonyl (C=O) groups is 3. The van der Waals surface area contributed by atoms with Gasteiger partial charge in [0.2, 0.25) is 0 Å². The fourth-order valence-corrected chi connectivity index (χ4v) is 4.54. The number of esters is 1. The van der Waals surface area contributed by atoms with E-state index in [1.54, 1.807) is 13.8 Å². The molecule has 31 heavy (non-hydrogen) atoms. The number of carboxylic acid groups (broad SMARTS) is 1. The molecule has 3 rings (SSSR count). The summed E-state index contributed by atoms with van der Waals surface area (Å²) < 4.78 is 19.7. The minimum absolute atomic E-state index is 0.0592. The summed E-state index contributed by atoms with van der Waals surface area (Å²) in [5, 5.41) is 12.4. The number of aromatic amines is 1. The zero-order valence-electron chi connectivity index (χ0n) is 16.5. The first-order chi connectivity index (χ1) is 14.6. The SMILES string of the molecule is CCOC(=O)c1sc(N2CC[C@@H](NC(=O)c3[nH]c(C)c(Cl)c3Cl)[C@@H](F)C2)nc1C(=O)O. The molecule has 9 nitrogen and oxygen atoms in total. The van der Waals surface area contributed by atoms with Crippen LogP contribution in [0.3, 0.4) is 0 Å². The number of alkyl halides is 1. The molecule has 2 atom stereocenters. The van der Waals surface area contributed by atoms with Crippen LogP contribution in [0.25, 0.3) is 0 Å². The number of aromatic carboxylic acids is 1. The van der Waals surface area contributed by atoms with Crippen LogP contribution in [-0.2, 0) is 4.74 Å². The van der Waals surface area contributed by atoms with Crippen molar-refractivity contribution in [3.63, 3.8) is 0 Å². The Balaban J connectivity index is 1.70. The van der Waals surface area contributed by atoms with Gasteiger partial charge in [0.05, 0.1) is 29.2 Å². The van der Waals surface area contributed by atoms with Gasteiger partial charge in [-0.3, -0.25) is 4.79 Å². The van der Waals surface area contributed by atoms with Crippen molar-refractivity contribution < 1.29 is 28.6 Å². The molecule has 2 aromatic rings. The first-order valence-electron chi connectivity index (χ1n) is 9.28. The van der Waals surface area contributed by atoms with Crippen molar-refractivity contribution in [3.05, 3.63) is 32.0 Å². The van der Waals surface area contributed by atoms with Gasteiger partial charge in [0, 0.05) is 12.2 Å². The molecule has 0 spiro atoms. The smallest absolute Gasteiger partial charge is 0.356 e. The van der Waals surface area contributed by atoms with Crippen LogP contribution in [0.5, 0.6) is 0 Å². The van der Waals surface area contributed by atoms with Crippen molar-refractivity contribution >= 4 is 57.5 Å². The number of aryl methyl sites for hydroxylation is 1. The van der Waals surface area contributed by atoms with Crippen LogP contribution < -0.4 is 10.2 Å². The number of piperidine rings is 1. The monoisotopic (exact) mass is 492 g/mol. The maximum atomic E-state index is 14.8. The van der Waals surface area contributed by atoms with E-state index in [9.17, 15) is 23.9 Å². The van der Waals surface area contributed by atoms with Crippen LogP contribution in [-0.4, -0.2) is 64.8 Å². The van der Waals surface area contributed by atoms with Gasteiger partial charge in [0.25, 0.3) is 5.91 Å². The Morgan fingerprint density at radius 3 is 2.65 bits per heavy atom. The minimum Gasteiger partial charge on any atom is -0.476 e. The van der Waals surface area contributed by atoms with Crippen molar-refractivity contribution in [1.82, 2.24) is 15.3 Å². The van der Waals surface area contributed by atoms with E-state index in [1.165, 1.54) is 4.90 Å². The first-order valence-corrected chi connectivity index (χ1v) is 10.9. The van der Waals surface area contributed by atoms with Crippen LogP contribution >= 0.6 is 34.5 Å². The van der Waals surface area contributed by atoms with Crippen molar-refractivity contribution in [3.8, 4) is 0 Å². The number of nitrogens with one attached hydrogen (secondary N) is 2. The second-order valence-electron chi connectivity index (χ2n) is 6.78. The number of anilines is 1. The van der Waals surface area contributed by atoms with E-state index in [4.69, 9.17) is 27.9 Å². The number of halogens is 3. The molecule has 1 fully saturated rings. The molecule has 3 heterocycles. The average Bonchev–Trinajstić information content (AvgIpc) is 3.27. The second kappa shape index (κ2) is 9.41. The molecule has 0 bridgehead atoms. The van der Waals surface area contributed by atoms with Crippen molar-refractivity contribution in [2.24, 2.45) is 0 Å². The highest BCUT2D eigenvalue weighted by atomic mass is 35.5. The lowest BCUT2D eigenvalue weighted by molar-refractivity contribution is 0.0519. The summed E-state index contributed by atoms with van der Waals surface area (Å²) in [6.45, 7) is 3.49. The third-order valence-corrected chi connectivity index (χ3v) is 6.73. The summed E-state index contributed by atoms with van der Waals surface area (Å²) in [6, 6.07) is -0.786. The number of aromatic nitrogens is 2. The lowest BCUT2D eigenvalue weighted by Gasteiger charge is -2.34. The van der Waals surface area contributed by atoms with Crippen molar-refractivity contribution in [1.29, 1.82) is 0 Å². The third-order valence-electron chi connectivity index (χ3n) is 4.69. The zero-order valence-corrected chi connectivity index (χ0v) is 18.8. The molecule has 1 amide bonds. The van der Waals surface area contributed by atoms with Crippen molar-refractivity contribution in [2.45, 2.75) is 32.5 Å². The zero-order chi connectivity index (χ0) is 22.9. The number of thiazole rings is 1. The molecule has 1 saturated heterocycles. The number of nitrogens with zero attached hydrogens (tertiary/aromatic N) is 2. The molecule has 0 aliphatic carbocycles. The van der Waals surface area contributed by atoms with E-state index >= 15 is 0 Å². The predicted octanol–water partition coefficient (Wildman–Crippen LogP) is 3.31. The maximum absolute atomic E-state index is 14.8. The third kappa shape index (κ3) is 4.78. The largest absolute Gasteiger partial charge is 0.476 e. The normalized spacial score (nSPS) is 18.7. The fourth-order valence-electron chi connectivity index (χ4n) is 3.13. The van der Waals surface area contributed by atoms with E-state index in [0.717, 1.165) is 11.3 Å². The number of hydrogen-bond acceptors (Lipinski definition) is 7. The number of carboxylic acids is 1. The molecule has 168 valence electrons. The number of carbonyl (C=O) groups excluding carboxylic acids is 2. The Hall–Kier alpha value is -2.37. The van der Waals surface area contributed by atoms with E-state index in [0.29, 0.717) is 12.2 Å². The lowest BCUT2D eigenvalue weighted by Crippen LogP contribution is -2.52. The number of ether oxygens (including phenoxy) is 1. The quantitative estimate of drug-likeness (QED) is 0.528. The average molecular weight is 493 g/mol. The van der Waals surface area contributed by atoms with Crippen LogP contribution in [0, 0.1) is 6.92 Å². The molecule has 1 aliphatic heterocycles. The lowest BCUT2D eigenvalue weighted by atomic mass is 10.0. The van der Waals surface area contributed by atoms with Gasteiger partial charge >= 0.3 is 11.9 Å². The van der Waals surface area contributed by atoms with Gasteiger partial charge in [0.1, 0.15) is 16.7 Å². The first kappa shape index (κ1) is 23.3. The van der Waals surface area contributed by atoms with E-state index in [1.807, 2.05) is 0 Å². The van der Waals surface area contributed by atoms with Gasteiger partial charge in [-0.2, -0.15) is 0 Å². The molecule has 0 aromatic carbocycles. The Morgan fingerprint density at radius 2 is 2.10 bits per heavy atom. The van der Waals surface area contributed by atoms with Crippen molar-refractivity contribution in [2.75, 3.05) is 24.6 Å². The van der Waals surface area contributed by atoms with Gasteiger partial charge < -0.3 is 25.0 Å². The Bertz CT molecular complexity index is 1030. The Kier molecular flexibility index (Phi) is 7.07. The molecule has 1 aliphatic rings. The Labute approximate surface area is 190 Å². The van der Waals surface area contributed by atoms with Gasteiger partial charge in [-0.25, -0.2) is 19.0 Å². The molecule has 0 radical (unpaired) electrons. The minimum atomic E-state index is -1.47. The van der Waals surface area contributed by atoms with Crippen LogP contribution in [0.4, 0.5) is 9.52 Å². The predicted molar refractivity (Wildman–Crippen MR) is 114 cm³/mol. The van der Waals surface area contributed by atoms with Gasteiger partial charge in [-0.1, -0.05) is 34.5 Å². The van der Waals surface area contributed by atoms with E-state index in [2.05, 4.69) is 15.3 Å². The topological polar surface area (TPSA) is 125 Å². The maximum Gasteiger partial charge on any atom is 0.356 e. The number of hydrogen-bond donors (Lipinski definition) is 3. The molecule has 13 heteroatoms. The summed E-state index contributed by atoms with van der Waals surface area (Å²) in [6.07, 6.45) is -1.24. The molecule has 0 saturated carbocycles. The molecular weight excluding hydrogens is 474 g/mol. The number of rotatable bonds is 6. The second-order valence-corrected chi connectivity index (χ2v) is 8.52. The standard InChI is InChI=1S/C18H19Cl2FN4O5S/c1-3-30-17(29)14-13(16(27)28)24-18(31-14)25-5-4-9(8(21)6-25)23-15(26)12-11(20)10(19)7(2)22-12/h8-9,22H,3-6H2,1-2H3,(H,23,26)(H,27,28)/t8-,9+/m0/s1. The van der Waals surface area contributed by atoms with E-state index in [-0.39, 0.29) is 45.3 Å². The summed E-state index contributed by atoms with van der Waals surface area (Å²) in [5.41, 5.74) is 0.153. The number of H-pyrrole nitrogens is 1. The van der Waals surface area contributed by atoms with Gasteiger partial charge in [-0.15, -0.1) is 0 Å². The van der Waals surface area contributed by atoms with Gasteiger partial charge in [0.15, 0.2) is 10.8 Å². The summed E-state index contributed by atoms with van der Waals surface area (Å²) >= 11 is 12.8. The summed E-state index contributed by atoms with van der Waals surface area (Å²) in [4.78, 5) is 44.0. The molecule has 2 aromatic heterocycles. The van der Waals surface area contributed by atoms with Crippen LogP contribution in [0.15, 0.2) is 0 Å². The van der Waals surface area contributed by atoms with E-state index < -0.39 is 35.8 Å². The Morgan fingerprint density at radius 1 is 1.39 bits per heavy atom. The summed E-state index contributed by atoms with van der Waals surface area (Å²) in [5.74, 6) is -2.74. The number of amides is 1.